The first-order valence-corrected chi connectivity index (χ1v) is 5.79. The molecule has 0 aromatic heterocycles. The van der Waals surface area contributed by atoms with E-state index in [-0.39, 0.29) is 0 Å². The predicted octanol–water partition coefficient (Wildman–Crippen LogP) is 4.10. The van der Waals surface area contributed by atoms with Gasteiger partial charge in [0.2, 0.25) is 0 Å². The Balaban J connectivity index is 2.37. The van der Waals surface area contributed by atoms with E-state index in [0.717, 1.165) is 0 Å². The van der Waals surface area contributed by atoms with E-state index in [9.17, 15) is 0 Å². The molecule has 0 saturated carbocycles. The van der Waals surface area contributed by atoms with E-state index in [1.807, 2.05) is 0 Å². The maximum absolute atomic E-state index is 3.56. The molecule has 0 aliphatic rings. The molecule has 1 aromatic rings. The van der Waals surface area contributed by atoms with E-state index in [1.165, 1.54) is 30.4 Å². The van der Waals surface area contributed by atoms with Crippen LogP contribution in [0.15, 0.2) is 24.3 Å². The number of alkyl halides is 1. The maximum atomic E-state index is 3.56. The van der Waals surface area contributed by atoms with Crippen LogP contribution in [0.1, 0.15) is 30.9 Å². The summed E-state index contributed by atoms with van der Waals surface area (Å²) in [6.45, 7) is 4.35. The van der Waals surface area contributed by atoms with Crippen LogP contribution in [-0.2, 0) is 6.42 Å². The van der Waals surface area contributed by atoms with Gasteiger partial charge in [0, 0.05) is 4.83 Å². The average molecular weight is 241 g/mol. The number of rotatable bonds is 4. The van der Waals surface area contributed by atoms with E-state index in [2.05, 4.69) is 54.0 Å². The van der Waals surface area contributed by atoms with Crippen molar-refractivity contribution in [1.82, 2.24) is 0 Å². The lowest BCUT2D eigenvalue weighted by Crippen LogP contribution is -1.92. The normalized spacial score (nSPS) is 12.8. The molecular weight excluding hydrogens is 224 g/mol. The molecular formula is C12H17Br. The summed E-state index contributed by atoms with van der Waals surface area (Å²) in [6.07, 6.45) is 3.74. The fraction of sp³-hybridized carbons (Fsp3) is 0.500. The Morgan fingerprint density at radius 1 is 1.38 bits per heavy atom. The van der Waals surface area contributed by atoms with Gasteiger partial charge in [-0.1, -0.05) is 52.7 Å². The van der Waals surface area contributed by atoms with Crippen LogP contribution in [-0.4, -0.2) is 4.83 Å². The largest absolute Gasteiger partial charge is 0.0894 e. The second kappa shape index (κ2) is 5.43. The molecule has 0 heterocycles. The van der Waals surface area contributed by atoms with Crippen molar-refractivity contribution in [1.29, 1.82) is 0 Å². The van der Waals surface area contributed by atoms with Gasteiger partial charge in [0.25, 0.3) is 0 Å². The molecule has 0 aliphatic carbocycles. The first kappa shape index (κ1) is 10.8. The van der Waals surface area contributed by atoms with Crippen LogP contribution in [0.2, 0.25) is 0 Å². The molecule has 1 aromatic carbocycles. The van der Waals surface area contributed by atoms with Gasteiger partial charge in [0.1, 0.15) is 0 Å². The molecule has 0 fully saturated rings. The quantitative estimate of drug-likeness (QED) is 0.696. The standard InChI is InChI=1S/C12H17Br/c1-10-5-3-7-12(9-10)8-4-6-11(2)13/h3,5,7,9,11H,4,6,8H2,1-2H3. The van der Waals surface area contributed by atoms with Crippen molar-refractivity contribution < 1.29 is 0 Å². The highest BCUT2D eigenvalue weighted by Crippen LogP contribution is 2.11. The Morgan fingerprint density at radius 2 is 2.15 bits per heavy atom. The minimum atomic E-state index is 0.650. The summed E-state index contributed by atoms with van der Waals surface area (Å²) >= 11 is 3.56. The minimum absolute atomic E-state index is 0.650. The Labute approximate surface area is 89.5 Å². The van der Waals surface area contributed by atoms with Gasteiger partial charge in [-0.25, -0.2) is 0 Å². The lowest BCUT2D eigenvalue weighted by molar-refractivity contribution is 0.736. The van der Waals surface area contributed by atoms with Crippen LogP contribution >= 0.6 is 15.9 Å². The smallest absolute Gasteiger partial charge is 0.0117 e. The second-order valence-corrected chi connectivity index (χ2v) is 5.23. The van der Waals surface area contributed by atoms with Gasteiger partial charge < -0.3 is 0 Å². The molecule has 0 spiro atoms. The number of halogens is 1. The third-order valence-electron chi connectivity index (χ3n) is 2.15. The molecule has 0 amide bonds. The van der Waals surface area contributed by atoms with E-state index < -0.39 is 0 Å². The van der Waals surface area contributed by atoms with Crippen molar-refractivity contribution in [3.63, 3.8) is 0 Å². The van der Waals surface area contributed by atoms with Crippen LogP contribution in [0.5, 0.6) is 0 Å². The highest BCUT2D eigenvalue weighted by Gasteiger charge is 1.97. The van der Waals surface area contributed by atoms with Gasteiger partial charge in [-0.3, -0.25) is 0 Å². The summed E-state index contributed by atoms with van der Waals surface area (Å²) in [4.78, 5) is 0.650. The Morgan fingerprint density at radius 3 is 2.77 bits per heavy atom. The minimum Gasteiger partial charge on any atom is -0.0894 e. The van der Waals surface area contributed by atoms with Crippen molar-refractivity contribution in [2.45, 2.75) is 37.9 Å². The summed E-state index contributed by atoms with van der Waals surface area (Å²) in [5.41, 5.74) is 2.83. The summed E-state index contributed by atoms with van der Waals surface area (Å²) < 4.78 is 0. The molecule has 72 valence electrons. The third-order valence-corrected chi connectivity index (χ3v) is 2.61. The molecule has 0 radical (unpaired) electrons. The summed E-state index contributed by atoms with van der Waals surface area (Å²) in [5, 5.41) is 0. The molecule has 1 unspecified atom stereocenters. The Bertz CT molecular complexity index is 253. The van der Waals surface area contributed by atoms with Crippen molar-refractivity contribution in [2.24, 2.45) is 0 Å². The fourth-order valence-electron chi connectivity index (χ4n) is 1.46. The molecule has 0 nitrogen and oxygen atoms in total. The number of hydrogen-bond acceptors (Lipinski definition) is 0. The second-order valence-electron chi connectivity index (χ2n) is 3.66. The molecule has 0 bridgehead atoms. The van der Waals surface area contributed by atoms with E-state index in [1.54, 1.807) is 0 Å². The number of aryl methyl sites for hydroxylation is 2. The van der Waals surface area contributed by atoms with Gasteiger partial charge in [-0.2, -0.15) is 0 Å². The van der Waals surface area contributed by atoms with Crippen LogP contribution < -0.4 is 0 Å². The van der Waals surface area contributed by atoms with Crippen LogP contribution in [0, 0.1) is 6.92 Å². The van der Waals surface area contributed by atoms with E-state index in [0.29, 0.717) is 4.83 Å². The zero-order valence-electron chi connectivity index (χ0n) is 8.39. The lowest BCUT2D eigenvalue weighted by atomic mass is 10.1. The van der Waals surface area contributed by atoms with Crippen molar-refractivity contribution in [3.05, 3.63) is 35.4 Å². The zero-order valence-corrected chi connectivity index (χ0v) is 9.97. The third kappa shape index (κ3) is 4.47. The topological polar surface area (TPSA) is 0 Å². The number of hydrogen-bond donors (Lipinski definition) is 0. The van der Waals surface area contributed by atoms with Gasteiger partial charge in [-0.05, 0) is 31.7 Å². The molecule has 1 heteroatoms. The van der Waals surface area contributed by atoms with Crippen molar-refractivity contribution in [3.8, 4) is 0 Å². The molecule has 13 heavy (non-hydrogen) atoms. The highest BCUT2D eigenvalue weighted by atomic mass is 79.9. The maximum Gasteiger partial charge on any atom is 0.0117 e. The summed E-state index contributed by atoms with van der Waals surface area (Å²) in [5.74, 6) is 0. The Hall–Kier alpha value is -0.300. The summed E-state index contributed by atoms with van der Waals surface area (Å²) in [7, 11) is 0. The van der Waals surface area contributed by atoms with Crippen molar-refractivity contribution >= 4 is 15.9 Å². The predicted molar refractivity (Wildman–Crippen MR) is 62.5 cm³/mol. The lowest BCUT2D eigenvalue weighted by Gasteiger charge is -2.04. The van der Waals surface area contributed by atoms with Crippen LogP contribution in [0.4, 0.5) is 0 Å². The monoisotopic (exact) mass is 240 g/mol. The van der Waals surface area contributed by atoms with E-state index in [4.69, 9.17) is 0 Å². The fourth-order valence-corrected chi connectivity index (χ4v) is 1.78. The molecule has 0 saturated heterocycles. The van der Waals surface area contributed by atoms with Gasteiger partial charge in [0.15, 0.2) is 0 Å². The van der Waals surface area contributed by atoms with Crippen LogP contribution in [0.25, 0.3) is 0 Å². The highest BCUT2D eigenvalue weighted by molar-refractivity contribution is 9.09. The van der Waals surface area contributed by atoms with Gasteiger partial charge in [-0.15, -0.1) is 0 Å². The van der Waals surface area contributed by atoms with Crippen molar-refractivity contribution in [2.75, 3.05) is 0 Å². The molecule has 1 rings (SSSR count). The first-order valence-electron chi connectivity index (χ1n) is 4.88. The van der Waals surface area contributed by atoms with Crippen LogP contribution in [0.3, 0.4) is 0 Å². The van der Waals surface area contributed by atoms with Gasteiger partial charge in [0.05, 0.1) is 0 Å². The van der Waals surface area contributed by atoms with E-state index >= 15 is 0 Å². The first-order chi connectivity index (χ1) is 6.18. The zero-order chi connectivity index (χ0) is 9.68. The molecule has 0 N–H and O–H groups in total. The summed E-state index contributed by atoms with van der Waals surface area (Å²) in [6, 6.07) is 8.78. The number of benzene rings is 1. The van der Waals surface area contributed by atoms with Gasteiger partial charge >= 0.3 is 0 Å². The average Bonchev–Trinajstić information content (AvgIpc) is 2.03. The molecule has 1 atom stereocenters. The Kier molecular flexibility index (Phi) is 4.51. The molecule has 0 aliphatic heterocycles. The SMILES string of the molecule is Cc1cccc(CCCC(C)Br)c1.